The van der Waals surface area contributed by atoms with Gasteiger partial charge in [-0.25, -0.2) is 0 Å². The van der Waals surface area contributed by atoms with Crippen molar-refractivity contribution in [2.24, 2.45) is 4.99 Å². The molecule has 3 N–H and O–H groups in total. The number of hydrogen-bond acceptors (Lipinski definition) is 5. The third kappa shape index (κ3) is 6.28. The van der Waals surface area contributed by atoms with Gasteiger partial charge < -0.3 is 20.6 Å². The van der Waals surface area contributed by atoms with Gasteiger partial charge in [-0.3, -0.25) is 9.89 Å². The molecule has 6 nitrogen and oxygen atoms in total. The molecule has 8 heteroatoms. The minimum absolute atomic E-state index is 0. The molecule has 28 heavy (non-hydrogen) atoms. The molecule has 156 valence electrons. The van der Waals surface area contributed by atoms with Gasteiger partial charge in [0.05, 0.1) is 6.54 Å². The predicted octanol–water partition coefficient (Wildman–Crippen LogP) is 2.35. The van der Waals surface area contributed by atoms with Crippen LogP contribution in [0, 0.1) is 0 Å². The number of aliphatic imine (C=N–C) groups is 1. The van der Waals surface area contributed by atoms with E-state index in [1.54, 1.807) is 11.3 Å². The van der Waals surface area contributed by atoms with Crippen LogP contribution in [0.4, 0.5) is 0 Å². The summed E-state index contributed by atoms with van der Waals surface area (Å²) in [6.07, 6.45) is -0.582. The summed E-state index contributed by atoms with van der Waals surface area (Å²) in [5.74, 6) is 0.763. The molecule has 0 amide bonds. The number of piperazine rings is 1. The fourth-order valence-electron chi connectivity index (χ4n) is 3.31. The second kappa shape index (κ2) is 11.3. The first-order valence-corrected chi connectivity index (χ1v) is 10.5. The van der Waals surface area contributed by atoms with Crippen LogP contribution in [0.25, 0.3) is 10.1 Å². The number of likely N-dealkylation sites (N-methyl/N-ethyl adjacent to an activating group) is 2. The van der Waals surface area contributed by atoms with Gasteiger partial charge in [-0.15, -0.1) is 35.3 Å². The Bertz CT molecular complexity index is 735. The molecule has 1 aromatic heterocycles. The monoisotopic (exact) mass is 517 g/mol. The van der Waals surface area contributed by atoms with Crippen molar-refractivity contribution in [2.75, 3.05) is 53.4 Å². The Kier molecular flexibility index (Phi) is 9.42. The van der Waals surface area contributed by atoms with Crippen molar-refractivity contribution >= 4 is 51.4 Å². The number of nitrogens with one attached hydrogen (secondary N) is 2. The molecule has 0 bridgehead atoms. The summed E-state index contributed by atoms with van der Waals surface area (Å²) in [5, 5.41) is 18.5. The van der Waals surface area contributed by atoms with Crippen LogP contribution < -0.4 is 10.6 Å². The molecule has 2 unspecified atom stereocenters. The van der Waals surface area contributed by atoms with E-state index in [-0.39, 0.29) is 24.0 Å². The Morgan fingerprint density at radius 2 is 2.07 bits per heavy atom. The second-order valence-electron chi connectivity index (χ2n) is 7.20. The van der Waals surface area contributed by atoms with E-state index in [9.17, 15) is 5.11 Å². The summed E-state index contributed by atoms with van der Waals surface area (Å²) in [6, 6.07) is 10.7. The highest BCUT2D eigenvalue weighted by atomic mass is 127. The lowest BCUT2D eigenvalue weighted by Gasteiger charge is -2.37. The number of aliphatic hydroxyl groups is 1. The minimum Gasteiger partial charge on any atom is -0.386 e. The number of nitrogens with zero attached hydrogens (tertiary/aromatic N) is 3. The third-order valence-electron chi connectivity index (χ3n) is 5.02. The molecule has 1 fully saturated rings. The van der Waals surface area contributed by atoms with Crippen LogP contribution in [0.2, 0.25) is 0 Å². The van der Waals surface area contributed by atoms with Gasteiger partial charge in [0, 0.05) is 48.3 Å². The Balaban J connectivity index is 0.00000280. The van der Waals surface area contributed by atoms with Gasteiger partial charge in [0.1, 0.15) is 6.10 Å². The highest BCUT2D eigenvalue weighted by molar-refractivity contribution is 14.0. The number of aliphatic hydroxyl groups excluding tert-OH is 1. The molecule has 1 aliphatic rings. The molecule has 1 aromatic carbocycles. The zero-order valence-electron chi connectivity index (χ0n) is 16.9. The Morgan fingerprint density at radius 1 is 1.29 bits per heavy atom. The van der Waals surface area contributed by atoms with E-state index in [1.807, 2.05) is 12.1 Å². The first-order chi connectivity index (χ1) is 13.1. The van der Waals surface area contributed by atoms with Crippen LogP contribution >= 0.6 is 35.3 Å². The van der Waals surface area contributed by atoms with E-state index in [2.05, 4.69) is 64.6 Å². The van der Waals surface area contributed by atoms with Gasteiger partial charge in [0.25, 0.3) is 0 Å². The van der Waals surface area contributed by atoms with Crippen LogP contribution in [0.5, 0.6) is 0 Å². The largest absolute Gasteiger partial charge is 0.386 e. The van der Waals surface area contributed by atoms with Crippen molar-refractivity contribution in [1.82, 2.24) is 20.4 Å². The summed E-state index contributed by atoms with van der Waals surface area (Å²) in [5.41, 5.74) is 0. The van der Waals surface area contributed by atoms with Gasteiger partial charge in [0.15, 0.2) is 5.96 Å². The van der Waals surface area contributed by atoms with Crippen LogP contribution in [-0.2, 0) is 0 Å². The molecule has 2 heterocycles. The zero-order chi connectivity index (χ0) is 19.2. The summed E-state index contributed by atoms with van der Waals surface area (Å²) in [4.78, 5) is 10.3. The summed E-state index contributed by atoms with van der Waals surface area (Å²) >= 11 is 1.63. The lowest BCUT2D eigenvalue weighted by Crippen LogP contribution is -2.55. The Hall–Kier alpha value is -0.940. The molecule has 1 aliphatic heterocycles. The fraction of sp³-hybridized carbons (Fsp3) is 0.550. The zero-order valence-corrected chi connectivity index (χ0v) is 20.0. The first kappa shape index (κ1) is 23.3. The normalized spacial score (nSPS) is 20.0. The topological polar surface area (TPSA) is 63.1 Å². The SMILES string of the molecule is CCNC(=NCC(O)c1cc2ccccc2s1)NCC1CN(C)CCN1C.I. The molecular weight excluding hydrogens is 485 g/mol. The number of fused-ring (bicyclic) bond motifs is 1. The number of benzene rings is 1. The minimum atomic E-state index is -0.582. The van der Waals surface area contributed by atoms with Gasteiger partial charge in [-0.1, -0.05) is 18.2 Å². The van der Waals surface area contributed by atoms with Crippen LogP contribution in [-0.4, -0.2) is 80.3 Å². The highest BCUT2D eigenvalue weighted by Crippen LogP contribution is 2.29. The molecule has 0 radical (unpaired) electrons. The number of halogens is 1. The van der Waals surface area contributed by atoms with E-state index >= 15 is 0 Å². The number of thiophene rings is 1. The highest BCUT2D eigenvalue weighted by Gasteiger charge is 2.22. The molecule has 1 saturated heterocycles. The maximum absolute atomic E-state index is 10.6. The van der Waals surface area contributed by atoms with Crippen LogP contribution in [0.1, 0.15) is 17.9 Å². The number of hydrogen-bond donors (Lipinski definition) is 3. The molecule has 2 atom stereocenters. The van der Waals surface area contributed by atoms with Crippen molar-refractivity contribution in [2.45, 2.75) is 19.1 Å². The average molecular weight is 517 g/mol. The number of rotatable bonds is 6. The maximum Gasteiger partial charge on any atom is 0.191 e. The summed E-state index contributed by atoms with van der Waals surface area (Å²) in [7, 11) is 4.34. The van der Waals surface area contributed by atoms with Gasteiger partial charge in [-0.05, 0) is 38.5 Å². The fourth-order valence-corrected chi connectivity index (χ4v) is 4.35. The van der Waals surface area contributed by atoms with E-state index in [4.69, 9.17) is 0 Å². The van der Waals surface area contributed by atoms with Gasteiger partial charge in [0.2, 0.25) is 0 Å². The molecule has 0 spiro atoms. The van der Waals surface area contributed by atoms with Crippen molar-refractivity contribution in [1.29, 1.82) is 0 Å². The smallest absolute Gasteiger partial charge is 0.191 e. The summed E-state index contributed by atoms with van der Waals surface area (Å²) < 4.78 is 1.20. The predicted molar refractivity (Wildman–Crippen MR) is 130 cm³/mol. The summed E-state index contributed by atoms with van der Waals surface area (Å²) in [6.45, 7) is 7.29. The van der Waals surface area contributed by atoms with E-state index < -0.39 is 6.10 Å². The van der Waals surface area contributed by atoms with E-state index in [0.717, 1.165) is 43.6 Å². The van der Waals surface area contributed by atoms with Gasteiger partial charge in [-0.2, -0.15) is 0 Å². The van der Waals surface area contributed by atoms with Crippen molar-refractivity contribution in [3.63, 3.8) is 0 Å². The molecule has 2 aromatic rings. The van der Waals surface area contributed by atoms with Gasteiger partial charge >= 0.3 is 0 Å². The van der Waals surface area contributed by atoms with Crippen molar-refractivity contribution in [3.8, 4) is 0 Å². The van der Waals surface area contributed by atoms with E-state index in [0.29, 0.717) is 12.6 Å². The third-order valence-corrected chi connectivity index (χ3v) is 6.24. The van der Waals surface area contributed by atoms with E-state index in [1.165, 1.54) is 10.1 Å². The first-order valence-electron chi connectivity index (χ1n) is 9.64. The van der Waals surface area contributed by atoms with Crippen molar-refractivity contribution in [3.05, 3.63) is 35.2 Å². The standard InChI is InChI=1S/C20H31N5OS.HI/c1-4-21-20(22-12-16-14-24(2)9-10-25(16)3)23-13-17(26)19-11-15-7-5-6-8-18(15)27-19;/h5-8,11,16-17,26H,4,9-10,12-14H2,1-3H3,(H2,21,22,23);1H. The lowest BCUT2D eigenvalue weighted by molar-refractivity contribution is 0.116. The lowest BCUT2D eigenvalue weighted by atomic mass is 10.2. The van der Waals surface area contributed by atoms with Crippen molar-refractivity contribution < 1.29 is 5.11 Å². The quantitative estimate of drug-likeness (QED) is 0.312. The van der Waals surface area contributed by atoms with Crippen LogP contribution in [0.3, 0.4) is 0 Å². The molecule has 3 rings (SSSR count). The molecule has 0 saturated carbocycles. The Morgan fingerprint density at radius 3 is 2.82 bits per heavy atom. The number of guanidine groups is 1. The van der Waals surface area contributed by atoms with Crippen LogP contribution in [0.15, 0.2) is 35.3 Å². The molecular formula is C20H32IN5OS. The average Bonchev–Trinajstić information content (AvgIpc) is 3.10. The maximum atomic E-state index is 10.6. The second-order valence-corrected chi connectivity index (χ2v) is 8.31. The molecule has 0 aliphatic carbocycles. The Labute approximate surface area is 189 Å².